The highest BCUT2D eigenvalue weighted by atomic mass is 32.1. The van der Waals surface area contributed by atoms with E-state index in [0.717, 1.165) is 42.8 Å². The maximum atomic E-state index is 13.7. The van der Waals surface area contributed by atoms with Crippen LogP contribution in [0.5, 0.6) is 0 Å². The van der Waals surface area contributed by atoms with Gasteiger partial charge in [0.25, 0.3) is 11.8 Å². The van der Waals surface area contributed by atoms with E-state index in [9.17, 15) is 14.4 Å². The van der Waals surface area contributed by atoms with Gasteiger partial charge in [-0.2, -0.15) is 4.37 Å². The van der Waals surface area contributed by atoms with Crippen LogP contribution in [0.2, 0.25) is 0 Å². The Kier molecular flexibility index (Phi) is 8.07. The molecule has 1 aliphatic carbocycles. The van der Waals surface area contributed by atoms with Crippen LogP contribution in [0.25, 0.3) is 0 Å². The number of nitrogen functional groups attached to an aromatic ring is 1. The maximum absolute atomic E-state index is 13.7. The van der Waals surface area contributed by atoms with Crippen molar-refractivity contribution in [2.24, 2.45) is 5.73 Å². The van der Waals surface area contributed by atoms with Crippen LogP contribution in [0, 0.1) is 0 Å². The molecular formula is C24H33N5O3S. The number of anilines is 2. The summed E-state index contributed by atoms with van der Waals surface area (Å²) in [6.07, 6.45) is 5.68. The third-order valence-electron chi connectivity index (χ3n) is 6.16. The van der Waals surface area contributed by atoms with Crippen molar-refractivity contribution < 1.29 is 14.4 Å². The molecule has 0 radical (unpaired) electrons. The third kappa shape index (κ3) is 5.52. The SMILES string of the molecule is CCC(C(=O)NC1CCCCC1)N(C(=O)c1snc(C(N)=O)c1N)c1ccc(C(C)C)cc1. The minimum Gasteiger partial charge on any atom is -0.395 e. The number of nitrogens with two attached hydrogens (primary N) is 2. The fourth-order valence-electron chi connectivity index (χ4n) is 4.23. The third-order valence-corrected chi connectivity index (χ3v) is 7.02. The molecule has 9 heteroatoms. The molecule has 1 aromatic heterocycles. The van der Waals surface area contributed by atoms with Crippen LogP contribution < -0.4 is 21.7 Å². The number of aromatic nitrogens is 1. The zero-order valence-corrected chi connectivity index (χ0v) is 20.3. The number of primary amides is 1. The van der Waals surface area contributed by atoms with E-state index in [1.807, 2.05) is 31.2 Å². The summed E-state index contributed by atoms with van der Waals surface area (Å²) >= 11 is 0.820. The first-order valence-electron chi connectivity index (χ1n) is 11.5. The van der Waals surface area contributed by atoms with Crippen molar-refractivity contribution in [3.05, 3.63) is 40.4 Å². The molecule has 1 heterocycles. The molecule has 1 fully saturated rings. The summed E-state index contributed by atoms with van der Waals surface area (Å²) in [5.41, 5.74) is 12.9. The Bertz CT molecular complexity index is 996. The first-order chi connectivity index (χ1) is 15.7. The fraction of sp³-hybridized carbons (Fsp3) is 0.500. The highest BCUT2D eigenvalue weighted by molar-refractivity contribution is 7.09. The Balaban J connectivity index is 1.98. The lowest BCUT2D eigenvalue weighted by Crippen LogP contribution is -2.52. The zero-order valence-electron chi connectivity index (χ0n) is 19.5. The van der Waals surface area contributed by atoms with E-state index >= 15 is 0 Å². The van der Waals surface area contributed by atoms with Gasteiger partial charge in [0.15, 0.2) is 5.69 Å². The quantitative estimate of drug-likeness (QED) is 0.538. The highest BCUT2D eigenvalue weighted by Crippen LogP contribution is 2.30. The van der Waals surface area contributed by atoms with Gasteiger partial charge in [0.1, 0.15) is 10.9 Å². The Hall–Kier alpha value is -2.94. The van der Waals surface area contributed by atoms with Gasteiger partial charge in [0, 0.05) is 11.7 Å². The van der Waals surface area contributed by atoms with Crippen molar-refractivity contribution in [3.8, 4) is 0 Å². The van der Waals surface area contributed by atoms with Gasteiger partial charge in [0.05, 0.1) is 5.69 Å². The molecule has 2 aromatic rings. The Morgan fingerprint density at radius 3 is 2.30 bits per heavy atom. The lowest BCUT2D eigenvalue weighted by atomic mass is 9.95. The van der Waals surface area contributed by atoms with Gasteiger partial charge in [-0.15, -0.1) is 0 Å². The summed E-state index contributed by atoms with van der Waals surface area (Å²) in [7, 11) is 0. The molecule has 1 aliphatic rings. The normalized spacial score (nSPS) is 15.3. The molecule has 0 spiro atoms. The molecule has 0 aliphatic heterocycles. The molecule has 1 aromatic carbocycles. The average Bonchev–Trinajstić information content (AvgIpc) is 3.19. The van der Waals surface area contributed by atoms with Gasteiger partial charge < -0.3 is 16.8 Å². The molecule has 0 saturated heterocycles. The van der Waals surface area contributed by atoms with Crippen molar-refractivity contribution in [1.82, 2.24) is 9.69 Å². The lowest BCUT2D eigenvalue weighted by molar-refractivity contribution is -0.123. The summed E-state index contributed by atoms with van der Waals surface area (Å²) in [4.78, 5) is 40.2. The molecule has 3 rings (SSSR count). The molecule has 3 amide bonds. The molecular weight excluding hydrogens is 438 g/mol. The Labute approximate surface area is 198 Å². The van der Waals surface area contributed by atoms with Crippen molar-refractivity contribution in [1.29, 1.82) is 0 Å². The first-order valence-corrected chi connectivity index (χ1v) is 12.3. The molecule has 1 saturated carbocycles. The van der Waals surface area contributed by atoms with Crippen molar-refractivity contribution in [3.63, 3.8) is 0 Å². The average molecular weight is 472 g/mol. The topological polar surface area (TPSA) is 131 Å². The number of rotatable bonds is 8. The van der Waals surface area contributed by atoms with Gasteiger partial charge in [-0.3, -0.25) is 19.3 Å². The summed E-state index contributed by atoms with van der Waals surface area (Å²) in [5, 5.41) is 3.14. The second-order valence-corrected chi connectivity index (χ2v) is 9.60. The van der Waals surface area contributed by atoms with Gasteiger partial charge in [-0.05, 0) is 54.4 Å². The number of nitrogens with zero attached hydrogens (tertiary/aromatic N) is 2. The van der Waals surface area contributed by atoms with Crippen molar-refractivity contribution in [2.75, 3.05) is 10.6 Å². The largest absolute Gasteiger partial charge is 0.395 e. The number of carbonyl (C=O) groups excluding carboxylic acids is 3. The number of hydrogen-bond donors (Lipinski definition) is 3. The van der Waals surface area contributed by atoms with Crippen LogP contribution in [0.15, 0.2) is 24.3 Å². The summed E-state index contributed by atoms with van der Waals surface area (Å²) in [5.74, 6) is -1.13. The van der Waals surface area contributed by atoms with Crippen LogP contribution in [0.3, 0.4) is 0 Å². The van der Waals surface area contributed by atoms with Crippen molar-refractivity contribution in [2.45, 2.75) is 77.3 Å². The van der Waals surface area contributed by atoms with Gasteiger partial charge in [-0.1, -0.05) is 52.2 Å². The van der Waals surface area contributed by atoms with Crippen molar-refractivity contribution >= 4 is 40.6 Å². The van der Waals surface area contributed by atoms with Crippen LogP contribution >= 0.6 is 11.5 Å². The zero-order chi connectivity index (χ0) is 24.1. The highest BCUT2D eigenvalue weighted by Gasteiger charge is 2.34. The predicted molar refractivity (Wildman–Crippen MR) is 131 cm³/mol. The Morgan fingerprint density at radius 2 is 1.79 bits per heavy atom. The predicted octanol–water partition coefficient (Wildman–Crippen LogP) is 3.82. The van der Waals surface area contributed by atoms with E-state index in [1.54, 1.807) is 0 Å². The number of benzene rings is 1. The minimum absolute atomic E-state index is 0.0520. The van der Waals surface area contributed by atoms with E-state index in [2.05, 4.69) is 23.5 Å². The van der Waals surface area contributed by atoms with Gasteiger partial charge >= 0.3 is 0 Å². The number of amides is 3. The summed E-state index contributed by atoms with van der Waals surface area (Å²) < 4.78 is 3.97. The second-order valence-electron chi connectivity index (χ2n) is 8.83. The van der Waals surface area contributed by atoms with E-state index in [0.29, 0.717) is 18.0 Å². The van der Waals surface area contributed by atoms with E-state index in [1.165, 1.54) is 11.3 Å². The molecule has 1 atom stereocenters. The number of hydrogen-bond acceptors (Lipinski definition) is 6. The molecule has 178 valence electrons. The van der Waals surface area contributed by atoms with E-state index in [4.69, 9.17) is 11.5 Å². The van der Waals surface area contributed by atoms with Crippen LogP contribution in [-0.4, -0.2) is 34.2 Å². The molecule has 1 unspecified atom stereocenters. The van der Waals surface area contributed by atoms with Crippen LogP contribution in [0.4, 0.5) is 11.4 Å². The van der Waals surface area contributed by atoms with E-state index in [-0.39, 0.29) is 28.2 Å². The monoisotopic (exact) mass is 471 g/mol. The maximum Gasteiger partial charge on any atom is 0.272 e. The smallest absolute Gasteiger partial charge is 0.272 e. The van der Waals surface area contributed by atoms with Crippen LogP contribution in [0.1, 0.15) is 90.9 Å². The van der Waals surface area contributed by atoms with E-state index < -0.39 is 17.9 Å². The van der Waals surface area contributed by atoms with Gasteiger partial charge in [0.2, 0.25) is 5.91 Å². The molecule has 0 bridgehead atoms. The summed E-state index contributed by atoms with van der Waals surface area (Å²) in [6, 6.07) is 6.98. The Morgan fingerprint density at radius 1 is 1.15 bits per heavy atom. The minimum atomic E-state index is -0.794. The second kappa shape index (κ2) is 10.8. The van der Waals surface area contributed by atoms with Gasteiger partial charge in [-0.25, -0.2) is 0 Å². The van der Waals surface area contributed by atoms with Crippen LogP contribution in [-0.2, 0) is 4.79 Å². The summed E-state index contributed by atoms with van der Waals surface area (Å²) in [6.45, 7) is 6.06. The number of carbonyl (C=O) groups is 3. The standard InChI is InChI=1S/C24H33N5O3S/c1-4-18(23(31)27-16-8-6-5-7-9-16)29(17-12-10-15(11-13-17)14(2)3)24(32)21-19(25)20(22(26)30)28-33-21/h10-14,16,18H,4-9,25H2,1-3H3,(H2,26,30)(H,27,31). The number of nitrogens with one attached hydrogen (secondary N) is 1. The first kappa shape index (κ1) is 24.7. The lowest BCUT2D eigenvalue weighted by Gasteiger charge is -2.32. The molecule has 33 heavy (non-hydrogen) atoms. The molecule has 8 nitrogen and oxygen atoms in total. The fourth-order valence-corrected chi connectivity index (χ4v) is 4.97. The molecule has 5 N–H and O–H groups in total.